The number of carbonyl (C=O) groups excluding carboxylic acids is 3. The smallest absolute Gasteiger partial charge is 0.325 e. The average Bonchev–Trinajstić information content (AvgIpc) is 2.76. The molecule has 1 fully saturated rings. The molecule has 23 heavy (non-hydrogen) atoms. The fraction of sp³-hybridized carbons (Fsp3) is 0.154. The third-order valence-electron chi connectivity index (χ3n) is 2.92. The van der Waals surface area contributed by atoms with Crippen LogP contribution in [0.2, 0.25) is 0 Å². The molecule has 0 radical (unpaired) electrons. The second-order valence-corrected chi connectivity index (χ2v) is 5.31. The first-order chi connectivity index (χ1) is 10.8. The molecule has 2 amide bonds. The van der Waals surface area contributed by atoms with Gasteiger partial charge in [-0.15, -0.1) is 0 Å². The molecule has 0 unspecified atom stereocenters. The average molecular weight is 338 g/mol. The lowest BCUT2D eigenvalue weighted by Gasteiger charge is -2.09. The predicted octanol–water partition coefficient (Wildman–Crippen LogP) is 1.51. The van der Waals surface area contributed by atoms with Crippen LogP contribution in [0.1, 0.15) is 5.56 Å². The van der Waals surface area contributed by atoms with Gasteiger partial charge in [-0.1, -0.05) is 12.1 Å². The fourth-order valence-electron chi connectivity index (χ4n) is 1.78. The number of rotatable bonds is 4. The number of phenols is 1. The van der Waals surface area contributed by atoms with Gasteiger partial charge >= 0.3 is 11.7 Å². The van der Waals surface area contributed by atoms with Crippen LogP contribution < -0.4 is 0 Å². The number of thioether (sulfide) groups is 1. The Labute approximate surface area is 133 Å². The predicted molar refractivity (Wildman–Crippen MR) is 79.5 cm³/mol. The van der Waals surface area contributed by atoms with E-state index in [0.717, 1.165) is 19.3 Å². The maximum Gasteiger partial charge on any atom is 0.325 e. The number of imide groups is 1. The summed E-state index contributed by atoms with van der Waals surface area (Å²) < 4.78 is 4.39. The third kappa shape index (κ3) is 3.31. The van der Waals surface area contributed by atoms with Crippen LogP contribution in [0, 0.1) is 10.1 Å². The van der Waals surface area contributed by atoms with Crippen LogP contribution in [0.3, 0.4) is 0 Å². The number of methoxy groups -OCH3 is 1. The van der Waals surface area contributed by atoms with Crippen molar-refractivity contribution in [2.45, 2.75) is 0 Å². The number of hydrogen-bond acceptors (Lipinski definition) is 8. The molecule has 0 saturated carbocycles. The minimum absolute atomic E-state index is 0.0165. The van der Waals surface area contributed by atoms with E-state index >= 15 is 0 Å². The number of phenolic OH excluding ortho intramolecular Hbond substituents is 1. The van der Waals surface area contributed by atoms with E-state index in [2.05, 4.69) is 4.74 Å². The highest BCUT2D eigenvalue weighted by Gasteiger charge is 2.36. The van der Waals surface area contributed by atoms with E-state index in [1.807, 2.05) is 0 Å². The zero-order valence-electron chi connectivity index (χ0n) is 11.7. The number of benzene rings is 1. The maximum absolute atomic E-state index is 12.1. The summed E-state index contributed by atoms with van der Waals surface area (Å²) in [5.41, 5.74) is -0.504. The molecule has 0 spiro atoms. The van der Waals surface area contributed by atoms with Crippen LogP contribution in [-0.4, -0.2) is 45.7 Å². The summed E-state index contributed by atoms with van der Waals surface area (Å²) in [4.78, 5) is 45.7. The summed E-state index contributed by atoms with van der Waals surface area (Å²) in [5.74, 6) is -2.11. The summed E-state index contributed by atoms with van der Waals surface area (Å²) in [5, 5.41) is 19.9. The second-order valence-electron chi connectivity index (χ2n) is 4.32. The van der Waals surface area contributed by atoms with Gasteiger partial charge in [-0.05, 0) is 17.8 Å². The lowest BCUT2D eigenvalue weighted by molar-refractivity contribution is -0.385. The van der Waals surface area contributed by atoms with Crippen molar-refractivity contribution in [3.63, 3.8) is 0 Å². The van der Waals surface area contributed by atoms with E-state index in [-0.39, 0.29) is 10.5 Å². The first-order valence-electron chi connectivity index (χ1n) is 6.13. The number of nitro benzene ring substituents is 1. The Morgan fingerprint density at radius 1 is 1.48 bits per heavy atom. The van der Waals surface area contributed by atoms with Gasteiger partial charge in [-0.25, -0.2) is 0 Å². The summed E-state index contributed by atoms with van der Waals surface area (Å²) in [6.45, 7) is -0.528. The van der Waals surface area contributed by atoms with Gasteiger partial charge < -0.3 is 9.84 Å². The minimum atomic E-state index is -0.768. The van der Waals surface area contributed by atoms with Crippen LogP contribution >= 0.6 is 11.8 Å². The van der Waals surface area contributed by atoms with Crippen molar-refractivity contribution >= 4 is 40.6 Å². The molecule has 0 atom stereocenters. The lowest BCUT2D eigenvalue weighted by Crippen LogP contribution is -2.34. The Bertz CT molecular complexity index is 744. The standard InChI is InChI=1S/C13H10N2O7S/c1-22-10(16)6-14-12(18)9(23-13(14)19)5-7-3-2-4-8(11(7)17)15(20)21/h2-5,17H,6H2,1H3/b9-5+. The largest absolute Gasteiger partial charge is 0.502 e. The number of amides is 2. The molecule has 1 aliphatic rings. The summed E-state index contributed by atoms with van der Waals surface area (Å²) in [6.07, 6.45) is 1.16. The van der Waals surface area contributed by atoms with Gasteiger partial charge in [0.25, 0.3) is 11.1 Å². The number of para-hydroxylation sites is 1. The molecule has 1 heterocycles. The fourth-order valence-corrected chi connectivity index (χ4v) is 2.61. The Morgan fingerprint density at radius 3 is 2.78 bits per heavy atom. The van der Waals surface area contributed by atoms with E-state index in [1.54, 1.807) is 0 Å². The van der Waals surface area contributed by atoms with Gasteiger partial charge in [0.2, 0.25) is 5.75 Å². The first kappa shape index (κ1) is 16.5. The Hall–Kier alpha value is -2.88. The summed E-state index contributed by atoms with van der Waals surface area (Å²) >= 11 is 0.562. The van der Waals surface area contributed by atoms with Crippen LogP contribution in [0.15, 0.2) is 23.1 Å². The summed E-state index contributed by atoms with van der Waals surface area (Å²) in [7, 11) is 1.12. The number of nitro groups is 1. The van der Waals surface area contributed by atoms with Crippen LogP contribution in [0.5, 0.6) is 5.75 Å². The van der Waals surface area contributed by atoms with E-state index in [4.69, 9.17) is 0 Å². The van der Waals surface area contributed by atoms with E-state index in [9.17, 15) is 29.6 Å². The van der Waals surface area contributed by atoms with Crippen LogP contribution in [0.25, 0.3) is 6.08 Å². The number of hydrogen-bond donors (Lipinski definition) is 1. The first-order valence-corrected chi connectivity index (χ1v) is 6.95. The van der Waals surface area contributed by atoms with E-state index < -0.39 is 40.0 Å². The number of esters is 1. The molecule has 1 aliphatic heterocycles. The normalized spacial score (nSPS) is 16.0. The van der Waals surface area contributed by atoms with Gasteiger partial charge in [0, 0.05) is 11.6 Å². The highest BCUT2D eigenvalue weighted by atomic mass is 32.2. The van der Waals surface area contributed by atoms with Gasteiger partial charge in [0.05, 0.1) is 16.9 Å². The van der Waals surface area contributed by atoms with Crippen molar-refractivity contribution in [3.8, 4) is 5.75 Å². The van der Waals surface area contributed by atoms with Crippen molar-refractivity contribution in [2.24, 2.45) is 0 Å². The Balaban J connectivity index is 2.33. The molecule has 0 aliphatic carbocycles. The zero-order valence-corrected chi connectivity index (χ0v) is 12.5. The van der Waals surface area contributed by atoms with Crippen molar-refractivity contribution in [1.29, 1.82) is 0 Å². The van der Waals surface area contributed by atoms with Crippen LogP contribution in [-0.2, 0) is 14.3 Å². The molecule has 1 N–H and O–H groups in total. The maximum atomic E-state index is 12.1. The van der Waals surface area contributed by atoms with E-state index in [0.29, 0.717) is 16.7 Å². The molecule has 120 valence electrons. The molecule has 0 aromatic heterocycles. The molecule has 10 heteroatoms. The highest BCUT2D eigenvalue weighted by molar-refractivity contribution is 8.18. The quantitative estimate of drug-likeness (QED) is 0.379. The van der Waals surface area contributed by atoms with Crippen molar-refractivity contribution < 1.29 is 29.2 Å². The Morgan fingerprint density at radius 2 is 2.17 bits per heavy atom. The van der Waals surface area contributed by atoms with Gasteiger partial charge in [0.1, 0.15) is 6.54 Å². The van der Waals surface area contributed by atoms with Gasteiger partial charge in [0.15, 0.2) is 0 Å². The van der Waals surface area contributed by atoms with Crippen LogP contribution in [0.4, 0.5) is 10.5 Å². The zero-order chi connectivity index (χ0) is 17.1. The van der Waals surface area contributed by atoms with Crippen molar-refractivity contribution in [2.75, 3.05) is 13.7 Å². The second kappa shape index (κ2) is 6.48. The van der Waals surface area contributed by atoms with Gasteiger partial charge in [-0.3, -0.25) is 29.4 Å². The number of nitrogens with zero attached hydrogens (tertiary/aromatic N) is 2. The monoisotopic (exact) mass is 338 g/mol. The molecular formula is C13H10N2O7S. The Kier molecular flexibility index (Phi) is 4.65. The molecule has 2 rings (SSSR count). The highest BCUT2D eigenvalue weighted by Crippen LogP contribution is 2.36. The molecule has 1 saturated heterocycles. The molecular weight excluding hydrogens is 328 g/mol. The lowest BCUT2D eigenvalue weighted by atomic mass is 10.1. The van der Waals surface area contributed by atoms with Crippen molar-refractivity contribution in [3.05, 3.63) is 38.8 Å². The molecule has 0 bridgehead atoms. The SMILES string of the molecule is COC(=O)CN1C(=O)S/C(=C/c2cccc([N+](=O)[O-])c2O)C1=O. The summed E-state index contributed by atoms with van der Waals surface area (Å²) in [6, 6.07) is 3.80. The molecule has 1 aromatic carbocycles. The number of aromatic hydroxyl groups is 1. The van der Waals surface area contributed by atoms with E-state index in [1.165, 1.54) is 12.1 Å². The van der Waals surface area contributed by atoms with Crippen molar-refractivity contribution in [1.82, 2.24) is 4.90 Å². The van der Waals surface area contributed by atoms with Gasteiger partial charge in [-0.2, -0.15) is 0 Å². The minimum Gasteiger partial charge on any atom is -0.502 e. The molecule has 9 nitrogen and oxygen atoms in total. The topological polar surface area (TPSA) is 127 Å². The third-order valence-corrected chi connectivity index (χ3v) is 3.83. The number of carbonyl (C=O) groups is 3. The number of ether oxygens (including phenoxy) is 1. The molecule has 1 aromatic rings.